The van der Waals surface area contributed by atoms with Crippen LogP contribution in [-0.4, -0.2) is 18.2 Å². The highest BCUT2D eigenvalue weighted by atomic mass is 16.5. The van der Waals surface area contributed by atoms with Crippen LogP contribution in [0.15, 0.2) is 30.3 Å². The van der Waals surface area contributed by atoms with Gasteiger partial charge in [-0.25, -0.2) is 0 Å². The van der Waals surface area contributed by atoms with Gasteiger partial charge in [-0.3, -0.25) is 9.59 Å². The SMILES string of the molecule is CCOc1ccc(C2=CC(=O)C(C(C)=O)CC2)cc1. The average molecular weight is 258 g/mol. The van der Waals surface area contributed by atoms with Gasteiger partial charge < -0.3 is 4.74 Å². The fourth-order valence-electron chi connectivity index (χ4n) is 2.35. The molecule has 0 spiro atoms. The predicted molar refractivity (Wildman–Crippen MR) is 74.0 cm³/mol. The maximum atomic E-state index is 11.9. The first-order chi connectivity index (χ1) is 9.11. The maximum absolute atomic E-state index is 11.9. The molecule has 0 amide bonds. The van der Waals surface area contributed by atoms with E-state index < -0.39 is 5.92 Å². The number of carbonyl (C=O) groups excluding carboxylic acids is 2. The largest absolute Gasteiger partial charge is 0.494 e. The number of ketones is 2. The van der Waals surface area contributed by atoms with Crippen molar-refractivity contribution in [3.63, 3.8) is 0 Å². The fourth-order valence-corrected chi connectivity index (χ4v) is 2.35. The average Bonchev–Trinajstić information content (AvgIpc) is 2.39. The monoisotopic (exact) mass is 258 g/mol. The molecule has 1 aliphatic rings. The molecule has 0 saturated carbocycles. The van der Waals surface area contributed by atoms with Crippen LogP contribution < -0.4 is 4.74 Å². The summed E-state index contributed by atoms with van der Waals surface area (Å²) in [5, 5.41) is 0. The van der Waals surface area contributed by atoms with Gasteiger partial charge in [0.25, 0.3) is 0 Å². The number of hydrogen-bond donors (Lipinski definition) is 0. The molecule has 1 atom stereocenters. The molecule has 0 bridgehead atoms. The Hall–Kier alpha value is -1.90. The van der Waals surface area contributed by atoms with Crippen molar-refractivity contribution in [1.82, 2.24) is 0 Å². The van der Waals surface area contributed by atoms with Crippen molar-refractivity contribution in [2.45, 2.75) is 26.7 Å². The van der Waals surface area contributed by atoms with Gasteiger partial charge in [-0.1, -0.05) is 12.1 Å². The van der Waals surface area contributed by atoms with Gasteiger partial charge >= 0.3 is 0 Å². The van der Waals surface area contributed by atoms with Gasteiger partial charge in [0.1, 0.15) is 11.5 Å². The molecule has 0 N–H and O–H groups in total. The van der Waals surface area contributed by atoms with Crippen LogP contribution in [0.3, 0.4) is 0 Å². The van der Waals surface area contributed by atoms with Crippen LogP contribution in [0.2, 0.25) is 0 Å². The Morgan fingerprint density at radius 1 is 1.32 bits per heavy atom. The van der Waals surface area contributed by atoms with Crippen LogP contribution in [0, 0.1) is 5.92 Å². The zero-order valence-corrected chi connectivity index (χ0v) is 11.3. The summed E-state index contributed by atoms with van der Waals surface area (Å²) in [7, 11) is 0. The van der Waals surface area contributed by atoms with E-state index in [2.05, 4.69) is 0 Å². The molecule has 0 aliphatic heterocycles. The van der Waals surface area contributed by atoms with Crippen molar-refractivity contribution in [2.24, 2.45) is 5.92 Å². The van der Waals surface area contributed by atoms with E-state index in [0.29, 0.717) is 13.0 Å². The molecule has 1 aromatic carbocycles. The van der Waals surface area contributed by atoms with E-state index in [1.807, 2.05) is 31.2 Å². The minimum Gasteiger partial charge on any atom is -0.494 e. The lowest BCUT2D eigenvalue weighted by Crippen LogP contribution is -2.23. The smallest absolute Gasteiger partial charge is 0.166 e. The molecule has 0 heterocycles. The second-order valence-electron chi connectivity index (χ2n) is 4.73. The topological polar surface area (TPSA) is 43.4 Å². The van der Waals surface area contributed by atoms with Gasteiger partial charge in [0.05, 0.1) is 12.5 Å². The van der Waals surface area contributed by atoms with Crippen LogP contribution >= 0.6 is 0 Å². The third-order valence-electron chi connectivity index (χ3n) is 3.39. The summed E-state index contributed by atoms with van der Waals surface area (Å²) in [5.41, 5.74) is 2.03. The van der Waals surface area contributed by atoms with Gasteiger partial charge in [0.15, 0.2) is 5.78 Å². The quantitative estimate of drug-likeness (QED) is 0.780. The van der Waals surface area contributed by atoms with Crippen LogP contribution in [0.5, 0.6) is 5.75 Å². The molecule has 1 aromatic rings. The normalized spacial score (nSPS) is 18.9. The first-order valence-corrected chi connectivity index (χ1v) is 6.60. The van der Waals surface area contributed by atoms with E-state index in [1.165, 1.54) is 6.92 Å². The molecule has 0 saturated heterocycles. The van der Waals surface area contributed by atoms with Crippen molar-refractivity contribution < 1.29 is 14.3 Å². The molecule has 3 nitrogen and oxygen atoms in total. The zero-order chi connectivity index (χ0) is 13.8. The third kappa shape index (κ3) is 3.11. The van der Waals surface area contributed by atoms with Crippen LogP contribution in [0.25, 0.3) is 5.57 Å². The highest BCUT2D eigenvalue weighted by Gasteiger charge is 2.26. The zero-order valence-electron chi connectivity index (χ0n) is 11.3. The number of allylic oxidation sites excluding steroid dienone is 2. The Labute approximate surface area is 113 Å². The third-order valence-corrected chi connectivity index (χ3v) is 3.39. The first-order valence-electron chi connectivity index (χ1n) is 6.60. The molecule has 0 radical (unpaired) electrons. The van der Waals surface area contributed by atoms with Crippen molar-refractivity contribution in [3.8, 4) is 5.75 Å². The Morgan fingerprint density at radius 2 is 2.00 bits per heavy atom. The summed E-state index contributed by atoms with van der Waals surface area (Å²) in [6, 6.07) is 7.72. The lowest BCUT2D eigenvalue weighted by Gasteiger charge is -2.19. The van der Waals surface area contributed by atoms with E-state index in [1.54, 1.807) is 6.08 Å². The summed E-state index contributed by atoms with van der Waals surface area (Å²) in [4.78, 5) is 23.2. The molecule has 3 heteroatoms. The van der Waals surface area contributed by atoms with Crippen LogP contribution in [0.4, 0.5) is 0 Å². The highest BCUT2D eigenvalue weighted by molar-refractivity contribution is 6.10. The second-order valence-corrected chi connectivity index (χ2v) is 4.73. The van der Waals surface area contributed by atoms with Gasteiger partial charge in [0.2, 0.25) is 0 Å². The number of Topliss-reactive ketones (excluding diaryl/α,β-unsaturated/α-hetero) is 1. The second kappa shape index (κ2) is 5.83. The van der Waals surface area contributed by atoms with Crippen LogP contribution in [0.1, 0.15) is 32.3 Å². The molecule has 19 heavy (non-hydrogen) atoms. The van der Waals surface area contributed by atoms with Gasteiger partial charge in [-0.2, -0.15) is 0 Å². The maximum Gasteiger partial charge on any atom is 0.166 e. The number of rotatable bonds is 4. The van der Waals surface area contributed by atoms with Gasteiger partial charge in [0, 0.05) is 0 Å². The molecular weight excluding hydrogens is 240 g/mol. The lowest BCUT2D eigenvalue weighted by molar-refractivity contribution is -0.129. The summed E-state index contributed by atoms with van der Waals surface area (Å²) in [6.07, 6.45) is 3.00. The van der Waals surface area contributed by atoms with Gasteiger partial charge in [-0.15, -0.1) is 0 Å². The Morgan fingerprint density at radius 3 is 2.53 bits per heavy atom. The molecule has 2 rings (SSSR count). The number of hydrogen-bond acceptors (Lipinski definition) is 3. The van der Waals surface area contributed by atoms with E-state index in [4.69, 9.17) is 4.74 Å². The Balaban J connectivity index is 2.17. The standard InChI is InChI=1S/C16H18O3/c1-3-19-14-7-4-12(5-8-14)13-6-9-15(11(2)17)16(18)10-13/h4-5,7-8,10,15H,3,6,9H2,1-2H3. The number of benzene rings is 1. The first kappa shape index (κ1) is 13.5. The predicted octanol–water partition coefficient (Wildman–Crippen LogP) is 3.04. The van der Waals surface area contributed by atoms with Crippen LogP contribution in [-0.2, 0) is 9.59 Å². The van der Waals surface area contributed by atoms with Crippen molar-refractivity contribution in [3.05, 3.63) is 35.9 Å². The van der Waals surface area contributed by atoms with Gasteiger partial charge in [-0.05, 0) is 56.0 Å². The highest BCUT2D eigenvalue weighted by Crippen LogP contribution is 2.29. The Kier molecular flexibility index (Phi) is 4.15. The molecule has 1 unspecified atom stereocenters. The molecule has 100 valence electrons. The number of ether oxygens (including phenoxy) is 1. The molecular formula is C16H18O3. The Bertz CT molecular complexity index is 511. The summed E-state index contributed by atoms with van der Waals surface area (Å²) in [6.45, 7) is 4.07. The molecule has 0 aromatic heterocycles. The minimum absolute atomic E-state index is 0.0352. The van der Waals surface area contributed by atoms with E-state index in [9.17, 15) is 9.59 Å². The summed E-state index contributed by atoms with van der Waals surface area (Å²) >= 11 is 0. The van der Waals surface area contributed by atoms with Crippen molar-refractivity contribution in [2.75, 3.05) is 6.61 Å². The van der Waals surface area contributed by atoms with E-state index in [-0.39, 0.29) is 11.6 Å². The summed E-state index contributed by atoms with van der Waals surface area (Å²) in [5.74, 6) is 0.289. The number of carbonyl (C=O) groups is 2. The fraction of sp³-hybridized carbons (Fsp3) is 0.375. The minimum atomic E-state index is -0.438. The van der Waals surface area contributed by atoms with E-state index in [0.717, 1.165) is 23.3 Å². The van der Waals surface area contributed by atoms with E-state index >= 15 is 0 Å². The molecule has 0 fully saturated rings. The molecule has 1 aliphatic carbocycles. The van der Waals surface area contributed by atoms with Crippen molar-refractivity contribution >= 4 is 17.1 Å². The summed E-state index contributed by atoms with van der Waals surface area (Å²) < 4.78 is 5.39. The lowest BCUT2D eigenvalue weighted by atomic mass is 9.84. The van der Waals surface area contributed by atoms with Crippen molar-refractivity contribution in [1.29, 1.82) is 0 Å².